The lowest BCUT2D eigenvalue weighted by Crippen LogP contribution is -2.44. The molecule has 0 spiro atoms. The van der Waals surface area contributed by atoms with E-state index in [1.165, 1.54) is 25.7 Å². The molecule has 122 valence electrons. The van der Waals surface area contributed by atoms with Gasteiger partial charge in [-0.1, -0.05) is 24.4 Å². The zero-order valence-electron chi connectivity index (χ0n) is 13.8. The summed E-state index contributed by atoms with van der Waals surface area (Å²) >= 11 is 0. The number of aromatic nitrogens is 2. The monoisotopic (exact) mass is 313 g/mol. The Morgan fingerprint density at radius 3 is 2.83 bits per heavy atom. The second-order valence-corrected chi connectivity index (χ2v) is 7.10. The number of carbonyl (C=O) groups is 1. The third-order valence-electron chi connectivity index (χ3n) is 5.55. The van der Waals surface area contributed by atoms with E-state index in [-0.39, 0.29) is 5.91 Å². The second kappa shape index (κ2) is 5.62. The van der Waals surface area contributed by atoms with E-state index < -0.39 is 0 Å². The van der Waals surface area contributed by atoms with Gasteiger partial charge in [0.25, 0.3) is 11.6 Å². The smallest absolute Gasteiger partial charge is 0.258 e. The van der Waals surface area contributed by atoms with Gasteiger partial charge in [-0.05, 0) is 44.6 Å². The lowest BCUT2D eigenvalue weighted by atomic mass is 9.75. The van der Waals surface area contributed by atoms with Crippen molar-refractivity contribution in [2.75, 3.05) is 13.1 Å². The number of hydrogen-bond donors (Lipinski definition) is 0. The number of piperidine rings is 1. The van der Waals surface area contributed by atoms with Crippen LogP contribution in [-0.2, 0) is 0 Å². The van der Waals surface area contributed by atoms with Gasteiger partial charge in [0, 0.05) is 18.8 Å². The van der Waals surface area contributed by atoms with Gasteiger partial charge >= 0.3 is 0 Å². The van der Waals surface area contributed by atoms with Gasteiger partial charge in [-0.15, -0.1) is 0 Å². The van der Waals surface area contributed by atoms with Gasteiger partial charge in [-0.2, -0.15) is 0 Å². The minimum atomic E-state index is 0.107. The summed E-state index contributed by atoms with van der Waals surface area (Å²) in [4.78, 5) is 19.5. The lowest BCUT2D eigenvalue weighted by molar-refractivity contribution is 0.0522. The lowest BCUT2D eigenvalue weighted by Gasteiger charge is -2.41. The Morgan fingerprint density at radius 1 is 1.22 bits per heavy atom. The molecule has 2 aromatic heterocycles. The van der Waals surface area contributed by atoms with Crippen molar-refractivity contribution in [3.05, 3.63) is 23.0 Å². The minimum Gasteiger partial charge on any atom is -0.338 e. The fourth-order valence-corrected chi connectivity index (χ4v) is 4.34. The zero-order chi connectivity index (χ0) is 16.0. The summed E-state index contributed by atoms with van der Waals surface area (Å²) in [7, 11) is 0. The first kappa shape index (κ1) is 14.7. The first-order valence-corrected chi connectivity index (χ1v) is 8.66. The molecule has 0 bridgehead atoms. The molecular formula is C18H23N3O2. The fraction of sp³-hybridized carbons (Fsp3) is 0.611. The quantitative estimate of drug-likeness (QED) is 0.808. The van der Waals surface area contributed by atoms with E-state index in [4.69, 9.17) is 4.52 Å². The van der Waals surface area contributed by atoms with E-state index in [9.17, 15) is 4.79 Å². The van der Waals surface area contributed by atoms with Crippen molar-refractivity contribution in [1.82, 2.24) is 15.0 Å². The Bertz CT molecular complexity index is 752. The van der Waals surface area contributed by atoms with Gasteiger partial charge in [0.2, 0.25) is 0 Å². The van der Waals surface area contributed by atoms with Crippen LogP contribution in [0.1, 0.15) is 53.8 Å². The Kier molecular flexibility index (Phi) is 3.58. The molecule has 0 aromatic carbocycles. The van der Waals surface area contributed by atoms with E-state index in [1.807, 2.05) is 24.8 Å². The van der Waals surface area contributed by atoms with Crippen LogP contribution in [0, 0.1) is 25.7 Å². The molecule has 1 amide bonds. The highest BCUT2D eigenvalue weighted by Gasteiger charge is 2.34. The van der Waals surface area contributed by atoms with Crippen LogP contribution < -0.4 is 0 Å². The predicted molar refractivity (Wildman–Crippen MR) is 87.2 cm³/mol. The number of carbonyl (C=O) groups excluding carboxylic acids is 1. The van der Waals surface area contributed by atoms with Crippen LogP contribution in [0.25, 0.3) is 11.1 Å². The summed E-state index contributed by atoms with van der Waals surface area (Å²) in [6.45, 7) is 5.53. The standard InChI is InChI=1S/C18H23N3O2/c1-11-9-15(16-12(2)20-23-17(16)19-11)18(22)21-8-7-13-5-3-4-6-14(13)10-21/h9,13-14H,3-8,10H2,1-2H3. The van der Waals surface area contributed by atoms with Gasteiger partial charge < -0.3 is 9.42 Å². The Balaban J connectivity index is 1.65. The molecule has 1 aliphatic carbocycles. The summed E-state index contributed by atoms with van der Waals surface area (Å²) in [5.74, 6) is 1.61. The summed E-state index contributed by atoms with van der Waals surface area (Å²) < 4.78 is 5.26. The number of aryl methyl sites for hydroxylation is 2. The molecular weight excluding hydrogens is 290 g/mol. The minimum absolute atomic E-state index is 0.107. The number of pyridine rings is 1. The topological polar surface area (TPSA) is 59.2 Å². The second-order valence-electron chi connectivity index (χ2n) is 7.10. The number of fused-ring (bicyclic) bond motifs is 2. The Morgan fingerprint density at radius 2 is 2.00 bits per heavy atom. The molecule has 1 saturated heterocycles. The van der Waals surface area contributed by atoms with Crippen LogP contribution in [0.5, 0.6) is 0 Å². The Labute approximate surface area is 136 Å². The van der Waals surface area contributed by atoms with Gasteiger partial charge in [-0.3, -0.25) is 4.79 Å². The molecule has 2 aliphatic rings. The maximum Gasteiger partial charge on any atom is 0.258 e. The van der Waals surface area contributed by atoms with Gasteiger partial charge in [-0.25, -0.2) is 4.98 Å². The van der Waals surface area contributed by atoms with E-state index in [0.717, 1.165) is 42.2 Å². The molecule has 23 heavy (non-hydrogen) atoms. The molecule has 5 heteroatoms. The first-order valence-electron chi connectivity index (χ1n) is 8.66. The van der Waals surface area contributed by atoms with Gasteiger partial charge in [0.05, 0.1) is 16.6 Å². The highest BCUT2D eigenvalue weighted by Crippen LogP contribution is 2.36. The van der Waals surface area contributed by atoms with Crippen molar-refractivity contribution in [2.24, 2.45) is 11.8 Å². The van der Waals surface area contributed by atoms with Crippen LogP contribution in [-0.4, -0.2) is 34.0 Å². The molecule has 0 radical (unpaired) electrons. The summed E-state index contributed by atoms with van der Waals surface area (Å²) in [5, 5.41) is 4.75. The number of nitrogens with zero attached hydrogens (tertiary/aromatic N) is 3. The molecule has 4 rings (SSSR count). The molecule has 3 heterocycles. The molecule has 0 N–H and O–H groups in total. The van der Waals surface area contributed by atoms with Crippen LogP contribution in [0.2, 0.25) is 0 Å². The number of hydrogen-bond acceptors (Lipinski definition) is 4. The summed E-state index contributed by atoms with van der Waals surface area (Å²) in [5.41, 5.74) is 2.70. The van der Waals surface area contributed by atoms with E-state index in [2.05, 4.69) is 10.1 Å². The van der Waals surface area contributed by atoms with Crippen LogP contribution in [0.3, 0.4) is 0 Å². The molecule has 2 atom stereocenters. The fourth-order valence-electron chi connectivity index (χ4n) is 4.34. The number of rotatable bonds is 1. The Hall–Kier alpha value is -1.91. The summed E-state index contributed by atoms with van der Waals surface area (Å²) in [6.07, 6.45) is 6.43. The summed E-state index contributed by atoms with van der Waals surface area (Å²) in [6, 6.07) is 1.88. The SMILES string of the molecule is Cc1cc(C(=O)N2CCC3CCCCC3C2)c2c(C)noc2n1. The molecule has 2 aromatic rings. The number of likely N-dealkylation sites (tertiary alicyclic amines) is 1. The molecule has 2 fully saturated rings. The maximum atomic E-state index is 13.1. The molecule has 1 aliphatic heterocycles. The van der Waals surface area contributed by atoms with Gasteiger partial charge in [0.1, 0.15) is 0 Å². The molecule has 5 nitrogen and oxygen atoms in total. The van der Waals surface area contributed by atoms with E-state index in [1.54, 1.807) is 0 Å². The van der Waals surface area contributed by atoms with Crippen molar-refractivity contribution in [1.29, 1.82) is 0 Å². The predicted octanol–water partition coefficient (Wildman–Crippen LogP) is 3.49. The van der Waals surface area contributed by atoms with Crippen molar-refractivity contribution >= 4 is 17.0 Å². The third kappa shape index (κ3) is 2.52. The average molecular weight is 313 g/mol. The van der Waals surface area contributed by atoms with Crippen molar-refractivity contribution in [2.45, 2.75) is 46.0 Å². The van der Waals surface area contributed by atoms with Crippen LogP contribution >= 0.6 is 0 Å². The van der Waals surface area contributed by atoms with Crippen LogP contribution in [0.15, 0.2) is 10.6 Å². The zero-order valence-corrected chi connectivity index (χ0v) is 13.8. The van der Waals surface area contributed by atoms with Crippen LogP contribution in [0.4, 0.5) is 0 Å². The van der Waals surface area contributed by atoms with E-state index >= 15 is 0 Å². The normalized spacial score (nSPS) is 24.7. The third-order valence-corrected chi connectivity index (χ3v) is 5.55. The first-order chi connectivity index (χ1) is 11.1. The maximum absolute atomic E-state index is 13.1. The largest absolute Gasteiger partial charge is 0.338 e. The number of amides is 1. The van der Waals surface area contributed by atoms with Crippen molar-refractivity contribution in [3.63, 3.8) is 0 Å². The van der Waals surface area contributed by atoms with Crippen molar-refractivity contribution in [3.8, 4) is 0 Å². The highest BCUT2D eigenvalue weighted by molar-refractivity contribution is 6.06. The highest BCUT2D eigenvalue weighted by atomic mass is 16.5. The molecule has 1 saturated carbocycles. The van der Waals surface area contributed by atoms with Gasteiger partial charge in [0.15, 0.2) is 0 Å². The van der Waals surface area contributed by atoms with E-state index in [0.29, 0.717) is 17.2 Å². The van der Waals surface area contributed by atoms with Crippen molar-refractivity contribution < 1.29 is 9.32 Å². The molecule has 2 unspecified atom stereocenters. The average Bonchev–Trinajstić information content (AvgIpc) is 2.94.